The maximum Gasteiger partial charge on any atom is 0.241 e. The van der Waals surface area contributed by atoms with Gasteiger partial charge in [0.25, 0.3) is 0 Å². The zero-order valence-corrected chi connectivity index (χ0v) is 13.3. The van der Waals surface area contributed by atoms with E-state index in [1.165, 1.54) is 6.92 Å². The first kappa shape index (κ1) is 16.2. The fraction of sp³-hybridized carbons (Fsp3) is 0.571. The van der Waals surface area contributed by atoms with Gasteiger partial charge in [0.15, 0.2) is 0 Å². The van der Waals surface area contributed by atoms with E-state index < -0.39 is 21.4 Å². The minimum Gasteiger partial charge on any atom is -0.396 e. The molecule has 0 bridgehead atoms. The van der Waals surface area contributed by atoms with Crippen LogP contribution in [0.25, 0.3) is 0 Å². The molecule has 1 heterocycles. The molecule has 21 heavy (non-hydrogen) atoms. The molecule has 0 aromatic heterocycles. The fourth-order valence-electron chi connectivity index (χ4n) is 2.73. The summed E-state index contributed by atoms with van der Waals surface area (Å²) in [5.41, 5.74) is 5.41. The molecular formula is C14H21FN2O3S. The molecule has 1 aromatic rings. The molecule has 1 aliphatic heterocycles. The minimum absolute atomic E-state index is 0.0493. The Morgan fingerprint density at radius 2 is 2.10 bits per heavy atom. The van der Waals surface area contributed by atoms with Crippen molar-refractivity contribution in [2.75, 3.05) is 18.9 Å². The number of hydrogen-bond acceptors (Lipinski definition) is 4. The molecule has 0 aliphatic carbocycles. The number of halogens is 1. The van der Waals surface area contributed by atoms with E-state index in [0.29, 0.717) is 25.2 Å². The van der Waals surface area contributed by atoms with Crippen LogP contribution in [-0.2, 0) is 14.8 Å². The number of nitrogens with two attached hydrogens (primary N) is 1. The summed E-state index contributed by atoms with van der Waals surface area (Å²) in [5, 5.41) is 0. The molecule has 1 aliphatic rings. The lowest BCUT2D eigenvalue weighted by Crippen LogP contribution is -2.51. The van der Waals surface area contributed by atoms with Crippen molar-refractivity contribution in [2.24, 2.45) is 0 Å². The third kappa shape index (κ3) is 3.20. The molecule has 1 aromatic carbocycles. The second kappa shape index (κ2) is 5.55. The van der Waals surface area contributed by atoms with E-state index in [2.05, 4.69) is 4.72 Å². The highest BCUT2D eigenvalue weighted by molar-refractivity contribution is 7.89. The maximum atomic E-state index is 13.6. The number of anilines is 1. The normalized spacial score (nSPS) is 23.2. The number of aryl methyl sites for hydroxylation is 1. The molecule has 1 saturated heterocycles. The quantitative estimate of drug-likeness (QED) is 0.834. The van der Waals surface area contributed by atoms with Crippen LogP contribution in [-0.4, -0.2) is 27.2 Å². The summed E-state index contributed by atoms with van der Waals surface area (Å²) in [7, 11) is -3.80. The Morgan fingerprint density at radius 1 is 1.43 bits per heavy atom. The van der Waals surface area contributed by atoms with Crippen molar-refractivity contribution in [1.29, 1.82) is 0 Å². The van der Waals surface area contributed by atoms with Crippen LogP contribution in [0.5, 0.6) is 0 Å². The van der Waals surface area contributed by atoms with E-state index >= 15 is 0 Å². The van der Waals surface area contributed by atoms with Gasteiger partial charge in [-0.1, -0.05) is 0 Å². The Bertz CT molecular complexity index is 653. The number of ether oxygens (including phenoxy) is 1. The molecule has 1 fully saturated rings. The summed E-state index contributed by atoms with van der Waals surface area (Å²) < 4.78 is 47.0. The van der Waals surface area contributed by atoms with Crippen LogP contribution < -0.4 is 10.5 Å². The van der Waals surface area contributed by atoms with Gasteiger partial charge in [-0.05, 0) is 50.8 Å². The molecule has 0 saturated carbocycles. The highest BCUT2D eigenvalue weighted by Crippen LogP contribution is 2.29. The van der Waals surface area contributed by atoms with E-state index in [9.17, 15) is 12.8 Å². The number of benzene rings is 1. The smallest absolute Gasteiger partial charge is 0.241 e. The van der Waals surface area contributed by atoms with Crippen LogP contribution in [0.3, 0.4) is 0 Å². The van der Waals surface area contributed by atoms with Crippen molar-refractivity contribution in [1.82, 2.24) is 4.72 Å². The first-order valence-electron chi connectivity index (χ1n) is 6.83. The van der Waals surface area contributed by atoms with Crippen LogP contribution in [0, 0.1) is 19.7 Å². The summed E-state index contributed by atoms with van der Waals surface area (Å²) in [6, 6.07) is 1.15. The Kier molecular flexibility index (Phi) is 4.28. The maximum absolute atomic E-state index is 13.6. The molecule has 0 radical (unpaired) electrons. The summed E-state index contributed by atoms with van der Waals surface area (Å²) in [5.74, 6) is -0.601. The number of rotatable bonds is 3. The second-order valence-electron chi connectivity index (χ2n) is 5.87. The molecule has 1 atom stereocenters. The van der Waals surface area contributed by atoms with Gasteiger partial charge in [0.2, 0.25) is 10.0 Å². The topological polar surface area (TPSA) is 81.4 Å². The Morgan fingerprint density at radius 3 is 2.67 bits per heavy atom. The van der Waals surface area contributed by atoms with E-state index in [1.807, 2.05) is 0 Å². The third-order valence-corrected chi connectivity index (χ3v) is 5.72. The van der Waals surface area contributed by atoms with Crippen molar-refractivity contribution < 1.29 is 17.5 Å². The molecule has 118 valence electrons. The lowest BCUT2D eigenvalue weighted by molar-refractivity contribution is 0.0386. The minimum atomic E-state index is -3.80. The van der Waals surface area contributed by atoms with Crippen molar-refractivity contribution >= 4 is 15.7 Å². The van der Waals surface area contributed by atoms with E-state index in [-0.39, 0.29) is 16.1 Å². The lowest BCUT2D eigenvalue weighted by atomic mass is 9.97. The predicted octanol–water partition coefficient (Wildman–Crippen LogP) is 1.87. The molecule has 7 heteroatoms. The molecule has 3 N–H and O–H groups in total. The van der Waals surface area contributed by atoms with Crippen molar-refractivity contribution in [3.05, 3.63) is 23.0 Å². The summed E-state index contributed by atoms with van der Waals surface area (Å²) in [4.78, 5) is 0.0493. The van der Waals surface area contributed by atoms with Gasteiger partial charge in [-0.3, -0.25) is 0 Å². The number of nitrogens with one attached hydrogen (secondary N) is 1. The molecule has 1 unspecified atom stereocenters. The second-order valence-corrected chi connectivity index (χ2v) is 7.48. The standard InChI is InChI=1S/C14H21FN2O3S/c1-9-7-11(15)12(16)10(2)13(9)21(18,19)17-14(3)5-4-6-20-8-14/h7,17H,4-6,8,16H2,1-3H3. The average Bonchev–Trinajstić information content (AvgIpc) is 2.35. The zero-order valence-electron chi connectivity index (χ0n) is 12.5. The third-order valence-electron chi connectivity index (χ3n) is 3.79. The Hall–Kier alpha value is -1.18. The number of nitrogen functional groups attached to an aromatic ring is 1. The van der Waals surface area contributed by atoms with Gasteiger partial charge in [-0.2, -0.15) is 0 Å². The molecule has 5 nitrogen and oxygen atoms in total. The first-order chi connectivity index (χ1) is 9.66. The van der Waals surface area contributed by atoms with Crippen LogP contribution in [0.2, 0.25) is 0 Å². The van der Waals surface area contributed by atoms with Crippen molar-refractivity contribution in [3.63, 3.8) is 0 Å². The number of hydrogen-bond donors (Lipinski definition) is 2. The Labute approximate surface area is 124 Å². The van der Waals surface area contributed by atoms with Crippen molar-refractivity contribution in [3.8, 4) is 0 Å². The Balaban J connectivity index is 2.43. The van der Waals surface area contributed by atoms with Gasteiger partial charge in [0.1, 0.15) is 5.82 Å². The summed E-state index contributed by atoms with van der Waals surface area (Å²) in [6.45, 7) is 5.84. The number of sulfonamides is 1. The predicted molar refractivity (Wildman–Crippen MR) is 79.1 cm³/mol. The molecule has 0 amide bonds. The van der Waals surface area contributed by atoms with Gasteiger partial charge in [0, 0.05) is 6.61 Å². The van der Waals surface area contributed by atoms with Crippen LogP contribution in [0.15, 0.2) is 11.0 Å². The molecule has 0 spiro atoms. The van der Waals surface area contributed by atoms with E-state index in [1.54, 1.807) is 13.8 Å². The van der Waals surface area contributed by atoms with Gasteiger partial charge in [-0.15, -0.1) is 0 Å². The average molecular weight is 316 g/mol. The zero-order chi connectivity index (χ0) is 15.8. The lowest BCUT2D eigenvalue weighted by Gasteiger charge is -2.34. The molecule has 2 rings (SSSR count). The highest BCUT2D eigenvalue weighted by Gasteiger charge is 2.34. The first-order valence-corrected chi connectivity index (χ1v) is 8.31. The largest absolute Gasteiger partial charge is 0.396 e. The van der Waals surface area contributed by atoms with E-state index in [4.69, 9.17) is 10.5 Å². The van der Waals surface area contributed by atoms with Crippen LogP contribution in [0.4, 0.5) is 10.1 Å². The van der Waals surface area contributed by atoms with Gasteiger partial charge in [0.05, 0.1) is 22.7 Å². The van der Waals surface area contributed by atoms with Gasteiger partial charge >= 0.3 is 0 Å². The van der Waals surface area contributed by atoms with Gasteiger partial charge in [-0.25, -0.2) is 17.5 Å². The molecular weight excluding hydrogens is 295 g/mol. The SMILES string of the molecule is Cc1cc(F)c(N)c(C)c1S(=O)(=O)NC1(C)CCCOC1. The monoisotopic (exact) mass is 316 g/mol. The van der Waals surface area contributed by atoms with Crippen LogP contribution >= 0.6 is 0 Å². The summed E-state index contributed by atoms with van der Waals surface area (Å²) in [6.07, 6.45) is 1.49. The van der Waals surface area contributed by atoms with Gasteiger partial charge < -0.3 is 10.5 Å². The van der Waals surface area contributed by atoms with Crippen molar-refractivity contribution in [2.45, 2.75) is 44.0 Å². The highest BCUT2D eigenvalue weighted by atomic mass is 32.2. The van der Waals surface area contributed by atoms with Crippen LogP contribution in [0.1, 0.15) is 30.9 Å². The summed E-state index contributed by atoms with van der Waals surface area (Å²) >= 11 is 0. The van der Waals surface area contributed by atoms with E-state index in [0.717, 1.165) is 12.5 Å². The fourth-order valence-corrected chi connectivity index (χ4v) is 4.64.